The smallest absolute Gasteiger partial charge is 0.290 e. The number of amides is 1. The van der Waals surface area contributed by atoms with Crippen molar-refractivity contribution in [3.05, 3.63) is 113 Å². The van der Waals surface area contributed by atoms with E-state index in [1.165, 1.54) is 35.2 Å². The number of methoxy groups -OCH3 is 2. The van der Waals surface area contributed by atoms with E-state index in [1.807, 2.05) is 42.5 Å². The van der Waals surface area contributed by atoms with Gasteiger partial charge in [-0.05, 0) is 53.5 Å². The summed E-state index contributed by atoms with van der Waals surface area (Å²) >= 11 is 0. The number of rotatable bonds is 9. The fraction of sp³-hybridized carbons (Fsp3) is 0.172. The first-order chi connectivity index (χ1) is 17.4. The largest absolute Gasteiger partial charge is 0.503 e. The molecule has 1 N–H and O–H groups in total. The number of ether oxygens (including phenoxy) is 2. The van der Waals surface area contributed by atoms with Gasteiger partial charge in [0.2, 0.25) is 0 Å². The first kappa shape index (κ1) is 24.7. The number of carbonyl (C=O) groups is 2. The Bertz CT molecular complexity index is 1320. The summed E-state index contributed by atoms with van der Waals surface area (Å²) in [6.07, 6.45) is 3.39. The van der Waals surface area contributed by atoms with E-state index >= 15 is 0 Å². The zero-order valence-corrected chi connectivity index (χ0v) is 20.0. The fourth-order valence-electron chi connectivity index (χ4n) is 4.24. The molecule has 0 spiro atoms. The third kappa shape index (κ3) is 5.15. The second-order valence-electron chi connectivity index (χ2n) is 8.26. The van der Waals surface area contributed by atoms with Crippen molar-refractivity contribution in [1.29, 1.82) is 0 Å². The van der Waals surface area contributed by atoms with Crippen LogP contribution in [-0.2, 0) is 16.0 Å². The summed E-state index contributed by atoms with van der Waals surface area (Å²) in [6.45, 7) is 0.208. The van der Waals surface area contributed by atoms with Crippen LogP contribution in [0.4, 0.5) is 4.39 Å². The first-order valence-corrected chi connectivity index (χ1v) is 11.4. The van der Waals surface area contributed by atoms with Crippen LogP contribution in [0.25, 0.3) is 6.08 Å². The van der Waals surface area contributed by atoms with Crippen molar-refractivity contribution in [2.24, 2.45) is 0 Å². The lowest BCUT2D eigenvalue weighted by Gasteiger charge is -2.27. The highest BCUT2D eigenvalue weighted by molar-refractivity contribution is 6.14. The van der Waals surface area contributed by atoms with Crippen LogP contribution in [-0.4, -0.2) is 42.5 Å². The molecule has 0 bridgehead atoms. The maximum Gasteiger partial charge on any atom is 0.290 e. The molecule has 7 heteroatoms. The molecule has 0 fully saturated rings. The molecule has 6 nitrogen and oxygen atoms in total. The number of hydrogen-bond donors (Lipinski definition) is 1. The minimum atomic E-state index is -0.855. The summed E-state index contributed by atoms with van der Waals surface area (Å²) in [6, 6.07) is 19.4. The van der Waals surface area contributed by atoms with E-state index in [0.29, 0.717) is 23.5 Å². The van der Waals surface area contributed by atoms with Crippen molar-refractivity contribution in [2.45, 2.75) is 12.5 Å². The molecule has 1 heterocycles. The van der Waals surface area contributed by atoms with Crippen molar-refractivity contribution >= 4 is 17.8 Å². The molecule has 0 radical (unpaired) electrons. The number of halogens is 1. The van der Waals surface area contributed by atoms with Gasteiger partial charge in [-0.15, -0.1) is 0 Å². The summed E-state index contributed by atoms with van der Waals surface area (Å²) in [4.78, 5) is 27.8. The summed E-state index contributed by atoms with van der Waals surface area (Å²) < 4.78 is 24.3. The van der Waals surface area contributed by atoms with Gasteiger partial charge in [0.05, 0.1) is 25.8 Å². The van der Waals surface area contributed by atoms with E-state index in [-0.39, 0.29) is 12.1 Å². The van der Waals surface area contributed by atoms with Gasteiger partial charge in [-0.25, -0.2) is 4.39 Å². The standard InChI is InChI=1S/C29H26FNO5/c1-35-24-15-9-20(18-25(24)36-2)16-17-31-27(21-10-12-22(30)13-11-21)26(28(33)29(31)34)23(32)14-8-19-6-4-3-5-7-19/h3-15,18,27,33H,16-17H2,1-2H3/b14-8+/t27-/m0/s1. The molecule has 36 heavy (non-hydrogen) atoms. The Kier molecular flexibility index (Phi) is 7.49. The molecule has 1 aliphatic rings. The Balaban J connectivity index is 1.64. The van der Waals surface area contributed by atoms with Gasteiger partial charge < -0.3 is 19.5 Å². The molecule has 0 saturated heterocycles. The zero-order chi connectivity index (χ0) is 25.7. The molecule has 3 aromatic carbocycles. The van der Waals surface area contributed by atoms with Crippen LogP contribution in [0.2, 0.25) is 0 Å². The summed E-state index contributed by atoms with van der Waals surface area (Å²) in [7, 11) is 3.09. The molecule has 0 saturated carbocycles. The second kappa shape index (κ2) is 10.9. The molecular formula is C29H26FNO5. The highest BCUT2D eigenvalue weighted by Crippen LogP contribution is 2.38. The maximum atomic E-state index is 13.6. The molecule has 0 unspecified atom stereocenters. The highest BCUT2D eigenvalue weighted by atomic mass is 19.1. The average Bonchev–Trinajstić information content (AvgIpc) is 3.16. The van der Waals surface area contributed by atoms with Crippen LogP contribution in [0.1, 0.15) is 22.7 Å². The number of benzene rings is 3. The Morgan fingerprint density at radius 3 is 2.36 bits per heavy atom. The predicted octanol–water partition coefficient (Wildman–Crippen LogP) is 5.06. The van der Waals surface area contributed by atoms with Gasteiger partial charge in [-0.3, -0.25) is 9.59 Å². The maximum absolute atomic E-state index is 13.6. The number of nitrogens with zero attached hydrogens (tertiary/aromatic N) is 1. The molecule has 4 rings (SSSR count). The minimum Gasteiger partial charge on any atom is -0.503 e. The van der Waals surface area contributed by atoms with Crippen molar-refractivity contribution in [2.75, 3.05) is 20.8 Å². The van der Waals surface area contributed by atoms with Crippen LogP contribution < -0.4 is 9.47 Å². The Hall–Kier alpha value is -4.39. The van der Waals surface area contributed by atoms with E-state index in [4.69, 9.17) is 9.47 Å². The Labute approximate surface area is 208 Å². The van der Waals surface area contributed by atoms with Crippen LogP contribution in [0.15, 0.2) is 90.2 Å². The number of ketones is 1. The van der Waals surface area contributed by atoms with Gasteiger partial charge in [0.15, 0.2) is 23.0 Å². The third-order valence-corrected chi connectivity index (χ3v) is 6.07. The van der Waals surface area contributed by atoms with Gasteiger partial charge in [-0.1, -0.05) is 54.6 Å². The average molecular weight is 488 g/mol. The van der Waals surface area contributed by atoms with Crippen LogP contribution in [0, 0.1) is 5.82 Å². The minimum absolute atomic E-state index is 0.0360. The predicted molar refractivity (Wildman–Crippen MR) is 134 cm³/mol. The van der Waals surface area contributed by atoms with E-state index < -0.39 is 29.3 Å². The second-order valence-corrected chi connectivity index (χ2v) is 8.26. The summed E-state index contributed by atoms with van der Waals surface area (Å²) in [5.41, 5.74) is 2.17. The number of aliphatic hydroxyl groups excluding tert-OH is 1. The van der Waals surface area contributed by atoms with Crippen molar-refractivity contribution < 1.29 is 28.6 Å². The van der Waals surface area contributed by atoms with Gasteiger partial charge in [0.1, 0.15) is 5.82 Å². The van der Waals surface area contributed by atoms with Crippen LogP contribution in [0.5, 0.6) is 11.5 Å². The Morgan fingerprint density at radius 1 is 1.00 bits per heavy atom. The molecule has 0 aliphatic carbocycles. The Morgan fingerprint density at radius 2 is 1.69 bits per heavy atom. The molecular weight excluding hydrogens is 461 g/mol. The molecule has 1 amide bonds. The number of aliphatic hydroxyl groups is 1. The molecule has 184 valence electrons. The van der Waals surface area contributed by atoms with Crippen molar-refractivity contribution in [3.63, 3.8) is 0 Å². The highest BCUT2D eigenvalue weighted by Gasteiger charge is 2.42. The van der Waals surface area contributed by atoms with Gasteiger partial charge in [0, 0.05) is 6.54 Å². The fourth-order valence-corrected chi connectivity index (χ4v) is 4.24. The van der Waals surface area contributed by atoms with E-state index in [0.717, 1.165) is 11.1 Å². The third-order valence-electron chi connectivity index (χ3n) is 6.07. The molecule has 1 aliphatic heterocycles. The summed E-state index contributed by atoms with van der Waals surface area (Å²) in [5, 5.41) is 10.8. The molecule has 3 aromatic rings. The lowest BCUT2D eigenvalue weighted by molar-refractivity contribution is -0.129. The zero-order valence-electron chi connectivity index (χ0n) is 20.0. The normalized spacial score (nSPS) is 15.6. The van der Waals surface area contributed by atoms with Crippen LogP contribution in [0.3, 0.4) is 0 Å². The van der Waals surface area contributed by atoms with E-state index in [9.17, 15) is 19.1 Å². The van der Waals surface area contributed by atoms with Crippen LogP contribution >= 0.6 is 0 Å². The lowest BCUT2D eigenvalue weighted by Crippen LogP contribution is -2.33. The first-order valence-electron chi connectivity index (χ1n) is 11.4. The van der Waals surface area contributed by atoms with Gasteiger partial charge in [0.25, 0.3) is 5.91 Å². The quantitative estimate of drug-likeness (QED) is 0.427. The monoisotopic (exact) mass is 487 g/mol. The van der Waals surface area contributed by atoms with Gasteiger partial charge in [-0.2, -0.15) is 0 Å². The summed E-state index contributed by atoms with van der Waals surface area (Å²) in [5.74, 6) is -1.04. The van der Waals surface area contributed by atoms with E-state index in [1.54, 1.807) is 26.4 Å². The van der Waals surface area contributed by atoms with E-state index in [2.05, 4.69) is 0 Å². The van der Waals surface area contributed by atoms with Crippen molar-refractivity contribution in [1.82, 2.24) is 4.90 Å². The number of hydrogen-bond acceptors (Lipinski definition) is 5. The number of carbonyl (C=O) groups excluding carboxylic acids is 2. The lowest BCUT2D eigenvalue weighted by atomic mass is 9.95. The van der Waals surface area contributed by atoms with Crippen molar-refractivity contribution in [3.8, 4) is 11.5 Å². The van der Waals surface area contributed by atoms with Gasteiger partial charge >= 0.3 is 0 Å². The topological polar surface area (TPSA) is 76.1 Å². The number of allylic oxidation sites excluding steroid dienone is 1. The molecule has 1 atom stereocenters. The molecule has 0 aromatic heterocycles. The SMILES string of the molecule is COc1ccc(CCN2C(=O)C(O)=C(C(=O)/C=C/c3ccccc3)[C@@H]2c2ccc(F)cc2)cc1OC.